The van der Waals surface area contributed by atoms with E-state index >= 15 is 0 Å². The highest BCUT2D eigenvalue weighted by atomic mass is 35.5. The molecule has 0 aromatic heterocycles. The van der Waals surface area contributed by atoms with Gasteiger partial charge in [-0.2, -0.15) is 0 Å². The lowest BCUT2D eigenvalue weighted by atomic mass is 9.71. The first-order chi connectivity index (χ1) is 13.1. The number of nitrogens with one attached hydrogen (secondary N) is 1. The molecule has 2 aliphatic heterocycles. The Balaban J connectivity index is 1.79. The molecule has 4 rings (SSSR count). The molecule has 1 aromatic carbocycles. The number of rotatable bonds is 2. The molecular weight excluding hydrogens is 360 g/mol. The Labute approximate surface area is 165 Å². The fourth-order valence-corrected chi connectivity index (χ4v) is 4.75. The van der Waals surface area contributed by atoms with E-state index in [1.54, 1.807) is 0 Å². The first-order valence-corrected chi connectivity index (χ1v) is 10.2. The number of halogens is 1. The third-order valence-electron chi connectivity index (χ3n) is 5.95. The van der Waals surface area contributed by atoms with Crippen LogP contribution < -0.4 is 5.32 Å². The van der Waals surface area contributed by atoms with Gasteiger partial charge in [0.2, 0.25) is 5.91 Å². The predicted molar refractivity (Wildman–Crippen MR) is 106 cm³/mol. The SMILES string of the molecule is C=C1NC2=C(C(=O)CCC2)C(c2ccc(Cl)cc2)C1C(=O)N1CCCCC1. The third kappa shape index (κ3) is 3.43. The number of benzene rings is 1. The van der Waals surface area contributed by atoms with Crippen LogP contribution in [0.4, 0.5) is 0 Å². The molecule has 2 atom stereocenters. The van der Waals surface area contributed by atoms with Gasteiger partial charge in [-0.3, -0.25) is 9.59 Å². The van der Waals surface area contributed by atoms with E-state index in [2.05, 4.69) is 11.9 Å². The first kappa shape index (κ1) is 18.3. The van der Waals surface area contributed by atoms with Crippen LogP contribution in [0, 0.1) is 5.92 Å². The van der Waals surface area contributed by atoms with Gasteiger partial charge in [0.1, 0.15) is 0 Å². The van der Waals surface area contributed by atoms with E-state index in [4.69, 9.17) is 11.6 Å². The van der Waals surface area contributed by atoms with Crippen molar-refractivity contribution in [3.63, 3.8) is 0 Å². The van der Waals surface area contributed by atoms with Gasteiger partial charge in [-0.15, -0.1) is 0 Å². The van der Waals surface area contributed by atoms with Gasteiger partial charge in [-0.1, -0.05) is 30.3 Å². The molecule has 1 aliphatic carbocycles. The Hall–Kier alpha value is -2.07. The standard InChI is InChI=1S/C22H25ClN2O2/c1-14-19(22(27)25-12-3-2-4-13-25)20(15-8-10-16(23)11-9-15)21-17(24-14)6-5-7-18(21)26/h8-11,19-20,24H,1-7,12-13H2. The van der Waals surface area contributed by atoms with Crippen molar-refractivity contribution >= 4 is 23.3 Å². The zero-order valence-electron chi connectivity index (χ0n) is 15.5. The van der Waals surface area contributed by atoms with E-state index in [0.29, 0.717) is 17.1 Å². The molecule has 2 unspecified atom stereocenters. The highest BCUT2D eigenvalue weighted by Gasteiger charge is 2.44. The largest absolute Gasteiger partial charge is 0.362 e. The van der Waals surface area contributed by atoms with E-state index in [0.717, 1.165) is 55.6 Å². The smallest absolute Gasteiger partial charge is 0.232 e. The fourth-order valence-electron chi connectivity index (χ4n) is 4.63. The average Bonchev–Trinajstić information content (AvgIpc) is 2.68. The van der Waals surface area contributed by atoms with Crippen molar-refractivity contribution in [1.82, 2.24) is 10.2 Å². The fraction of sp³-hybridized carbons (Fsp3) is 0.455. The van der Waals surface area contributed by atoms with Gasteiger partial charge < -0.3 is 10.2 Å². The van der Waals surface area contributed by atoms with Gasteiger partial charge in [0.05, 0.1) is 5.92 Å². The summed E-state index contributed by atoms with van der Waals surface area (Å²) in [6.45, 7) is 5.77. The summed E-state index contributed by atoms with van der Waals surface area (Å²) in [6.07, 6.45) is 5.46. The highest BCUT2D eigenvalue weighted by Crippen LogP contribution is 2.44. The number of ketones is 1. The van der Waals surface area contributed by atoms with Crippen LogP contribution in [0.1, 0.15) is 50.0 Å². The molecular formula is C22H25ClN2O2. The topological polar surface area (TPSA) is 49.4 Å². The van der Waals surface area contributed by atoms with Crippen molar-refractivity contribution in [3.8, 4) is 0 Å². The number of carbonyl (C=O) groups is 2. The van der Waals surface area contributed by atoms with Crippen molar-refractivity contribution in [2.45, 2.75) is 44.4 Å². The zero-order chi connectivity index (χ0) is 19.0. The van der Waals surface area contributed by atoms with E-state index in [1.807, 2.05) is 29.2 Å². The summed E-state index contributed by atoms with van der Waals surface area (Å²) >= 11 is 6.08. The normalized spacial score (nSPS) is 25.9. The molecule has 0 bridgehead atoms. The monoisotopic (exact) mass is 384 g/mol. The molecule has 4 nitrogen and oxygen atoms in total. The lowest BCUT2D eigenvalue weighted by Crippen LogP contribution is -2.47. The van der Waals surface area contributed by atoms with Gasteiger partial charge in [0, 0.05) is 47.4 Å². The molecule has 0 saturated carbocycles. The number of likely N-dealkylation sites (tertiary alicyclic amines) is 1. The minimum absolute atomic E-state index is 0.0806. The van der Waals surface area contributed by atoms with Gasteiger partial charge in [-0.25, -0.2) is 0 Å². The van der Waals surface area contributed by atoms with Crippen molar-refractivity contribution in [1.29, 1.82) is 0 Å². The molecule has 1 N–H and O–H groups in total. The Bertz CT molecular complexity index is 806. The average molecular weight is 385 g/mol. The Morgan fingerprint density at radius 1 is 1.07 bits per heavy atom. The summed E-state index contributed by atoms with van der Waals surface area (Å²) in [5.41, 5.74) is 3.38. The van der Waals surface area contributed by atoms with Gasteiger partial charge in [0.15, 0.2) is 5.78 Å². The van der Waals surface area contributed by atoms with Crippen LogP contribution in [-0.4, -0.2) is 29.7 Å². The highest BCUT2D eigenvalue weighted by molar-refractivity contribution is 6.30. The van der Waals surface area contributed by atoms with Crippen LogP contribution in [-0.2, 0) is 9.59 Å². The van der Waals surface area contributed by atoms with E-state index < -0.39 is 5.92 Å². The summed E-state index contributed by atoms with van der Waals surface area (Å²) in [7, 11) is 0. The number of piperidine rings is 1. The molecule has 2 heterocycles. The molecule has 27 heavy (non-hydrogen) atoms. The molecule has 142 valence electrons. The second kappa shape index (κ2) is 7.51. The number of Topliss-reactive ketones (excluding diaryl/α,β-unsaturated/α-hetero) is 1. The second-order valence-corrected chi connectivity index (χ2v) is 8.15. The summed E-state index contributed by atoms with van der Waals surface area (Å²) in [4.78, 5) is 28.3. The molecule has 1 amide bonds. The number of carbonyl (C=O) groups excluding carboxylic acids is 2. The van der Waals surface area contributed by atoms with Crippen LogP contribution in [0.3, 0.4) is 0 Å². The van der Waals surface area contributed by atoms with Crippen molar-refractivity contribution in [2.24, 2.45) is 5.92 Å². The molecule has 1 aromatic rings. The van der Waals surface area contributed by atoms with Crippen LogP contribution in [0.25, 0.3) is 0 Å². The first-order valence-electron chi connectivity index (χ1n) is 9.82. The van der Waals surface area contributed by atoms with Crippen LogP contribution in [0.15, 0.2) is 47.8 Å². The number of nitrogens with zero attached hydrogens (tertiary/aromatic N) is 1. The molecule has 0 spiro atoms. The summed E-state index contributed by atoms with van der Waals surface area (Å²) in [6, 6.07) is 7.54. The maximum Gasteiger partial charge on any atom is 0.232 e. The molecule has 1 fully saturated rings. The van der Waals surface area contributed by atoms with Crippen molar-refractivity contribution in [3.05, 3.63) is 58.4 Å². The quantitative estimate of drug-likeness (QED) is 0.832. The van der Waals surface area contributed by atoms with Gasteiger partial charge in [-0.05, 0) is 49.8 Å². The van der Waals surface area contributed by atoms with Crippen LogP contribution in [0.2, 0.25) is 5.02 Å². The van der Waals surface area contributed by atoms with E-state index in [-0.39, 0.29) is 17.6 Å². The zero-order valence-corrected chi connectivity index (χ0v) is 16.2. The Kier molecular flexibility index (Phi) is 5.09. The van der Waals surface area contributed by atoms with E-state index in [1.165, 1.54) is 6.42 Å². The maximum atomic E-state index is 13.5. The van der Waals surface area contributed by atoms with Gasteiger partial charge in [0.25, 0.3) is 0 Å². The second-order valence-electron chi connectivity index (χ2n) is 7.71. The lowest BCUT2D eigenvalue weighted by Gasteiger charge is -2.41. The third-order valence-corrected chi connectivity index (χ3v) is 6.20. The predicted octanol–water partition coefficient (Wildman–Crippen LogP) is 4.18. The maximum absolute atomic E-state index is 13.5. The number of hydrogen-bond acceptors (Lipinski definition) is 3. The van der Waals surface area contributed by atoms with Crippen molar-refractivity contribution in [2.75, 3.05) is 13.1 Å². The van der Waals surface area contributed by atoms with Crippen molar-refractivity contribution < 1.29 is 9.59 Å². The molecule has 0 radical (unpaired) electrons. The summed E-state index contributed by atoms with van der Waals surface area (Å²) in [5, 5.41) is 3.97. The molecule has 5 heteroatoms. The molecule has 3 aliphatic rings. The number of hydrogen-bond donors (Lipinski definition) is 1. The van der Waals surface area contributed by atoms with Crippen LogP contribution in [0.5, 0.6) is 0 Å². The van der Waals surface area contributed by atoms with Crippen LogP contribution >= 0.6 is 11.6 Å². The minimum atomic E-state index is -0.454. The minimum Gasteiger partial charge on any atom is -0.362 e. The Morgan fingerprint density at radius 2 is 1.78 bits per heavy atom. The Morgan fingerprint density at radius 3 is 2.48 bits per heavy atom. The summed E-state index contributed by atoms with van der Waals surface area (Å²) < 4.78 is 0. The lowest BCUT2D eigenvalue weighted by molar-refractivity contribution is -0.136. The van der Waals surface area contributed by atoms with E-state index in [9.17, 15) is 9.59 Å². The number of amides is 1. The number of allylic oxidation sites excluding steroid dienone is 2. The molecule has 1 saturated heterocycles. The summed E-state index contributed by atoms with van der Waals surface area (Å²) in [5.74, 6) is -0.511. The van der Waals surface area contributed by atoms with Gasteiger partial charge >= 0.3 is 0 Å².